The van der Waals surface area contributed by atoms with Crippen LogP contribution in [0.15, 0.2) is 53.3 Å². The van der Waals surface area contributed by atoms with Gasteiger partial charge in [0.1, 0.15) is 0 Å². The van der Waals surface area contributed by atoms with Gasteiger partial charge in [0.25, 0.3) is 0 Å². The number of benzene rings is 1. The van der Waals surface area contributed by atoms with E-state index >= 15 is 0 Å². The second-order valence-electron chi connectivity index (χ2n) is 7.18. The first-order valence-corrected chi connectivity index (χ1v) is 8.83. The molecule has 1 N–H and O–H groups in total. The van der Waals surface area contributed by atoms with E-state index in [0.717, 1.165) is 51.0 Å². The van der Waals surface area contributed by atoms with Gasteiger partial charge >= 0.3 is 0 Å². The summed E-state index contributed by atoms with van der Waals surface area (Å²) in [6.07, 6.45) is 6.63. The van der Waals surface area contributed by atoms with Gasteiger partial charge in [-0.15, -0.1) is 0 Å². The molecule has 0 unspecified atom stereocenters. The van der Waals surface area contributed by atoms with Crippen LogP contribution in [-0.2, 0) is 16.8 Å². The minimum absolute atomic E-state index is 0.210. The molecule has 4 nitrogen and oxygen atoms in total. The van der Waals surface area contributed by atoms with E-state index in [0.29, 0.717) is 5.92 Å². The lowest BCUT2D eigenvalue weighted by atomic mass is 9.95. The fourth-order valence-electron chi connectivity index (χ4n) is 3.80. The first-order valence-electron chi connectivity index (χ1n) is 8.83. The summed E-state index contributed by atoms with van der Waals surface area (Å²) >= 11 is 0. The van der Waals surface area contributed by atoms with Crippen LogP contribution in [0.1, 0.15) is 30.4 Å². The van der Waals surface area contributed by atoms with E-state index in [4.69, 9.17) is 4.42 Å². The standard InChI is InChI=1S/C20H24N2O2/c23-19(20(8-9-20)18-4-2-1-3-5-18)21-12-16-6-10-22(13-16)14-17-7-11-24-15-17/h1-5,7,11,15-16H,6,8-10,12-14H2,(H,21,23)/t16-/m0/s1. The highest BCUT2D eigenvalue weighted by Gasteiger charge is 2.51. The van der Waals surface area contributed by atoms with Crippen molar-refractivity contribution in [2.45, 2.75) is 31.2 Å². The molecule has 4 rings (SSSR count). The summed E-state index contributed by atoms with van der Waals surface area (Å²) in [5.41, 5.74) is 2.13. The summed E-state index contributed by atoms with van der Waals surface area (Å²) < 4.78 is 5.13. The Kier molecular flexibility index (Phi) is 4.15. The predicted octanol–water partition coefficient (Wildman–Crippen LogP) is 2.95. The summed E-state index contributed by atoms with van der Waals surface area (Å²) in [5, 5.41) is 3.22. The van der Waals surface area contributed by atoms with E-state index in [1.165, 1.54) is 5.56 Å². The smallest absolute Gasteiger partial charge is 0.230 e. The van der Waals surface area contributed by atoms with Gasteiger partial charge in [-0.05, 0) is 43.4 Å². The number of hydrogen-bond acceptors (Lipinski definition) is 3. The van der Waals surface area contributed by atoms with Crippen molar-refractivity contribution in [1.29, 1.82) is 0 Å². The number of likely N-dealkylation sites (tertiary alicyclic amines) is 1. The van der Waals surface area contributed by atoms with Crippen LogP contribution in [0.5, 0.6) is 0 Å². The molecule has 0 radical (unpaired) electrons. The van der Waals surface area contributed by atoms with E-state index < -0.39 is 0 Å². The molecule has 1 amide bonds. The highest BCUT2D eigenvalue weighted by atomic mass is 16.3. The number of hydrogen-bond donors (Lipinski definition) is 1. The van der Waals surface area contributed by atoms with Gasteiger partial charge < -0.3 is 9.73 Å². The average Bonchev–Trinajstić information content (AvgIpc) is 3.04. The molecular weight excluding hydrogens is 300 g/mol. The second kappa shape index (κ2) is 6.44. The van der Waals surface area contributed by atoms with Gasteiger partial charge in [0.15, 0.2) is 0 Å². The van der Waals surface area contributed by atoms with E-state index in [1.54, 1.807) is 6.26 Å². The normalized spacial score (nSPS) is 22.4. The van der Waals surface area contributed by atoms with E-state index in [1.807, 2.05) is 30.5 Å². The van der Waals surface area contributed by atoms with Gasteiger partial charge in [-0.3, -0.25) is 9.69 Å². The Morgan fingerprint density at radius 2 is 2.08 bits per heavy atom. The number of carbonyl (C=O) groups excluding carboxylic acids is 1. The molecule has 2 heterocycles. The highest BCUT2D eigenvalue weighted by Crippen LogP contribution is 2.48. The summed E-state index contributed by atoms with van der Waals surface area (Å²) in [5.74, 6) is 0.759. The van der Waals surface area contributed by atoms with Gasteiger partial charge in [-0.1, -0.05) is 30.3 Å². The van der Waals surface area contributed by atoms with Gasteiger partial charge in [-0.25, -0.2) is 0 Å². The minimum atomic E-state index is -0.254. The molecule has 2 aliphatic rings. The van der Waals surface area contributed by atoms with E-state index in [9.17, 15) is 4.79 Å². The van der Waals surface area contributed by atoms with Crippen molar-refractivity contribution >= 4 is 5.91 Å². The minimum Gasteiger partial charge on any atom is -0.472 e. The first kappa shape index (κ1) is 15.5. The van der Waals surface area contributed by atoms with Crippen LogP contribution in [0.3, 0.4) is 0 Å². The molecule has 126 valence electrons. The fourth-order valence-corrected chi connectivity index (χ4v) is 3.80. The summed E-state index contributed by atoms with van der Waals surface area (Å²) in [6, 6.07) is 12.2. The maximum atomic E-state index is 12.7. The lowest BCUT2D eigenvalue weighted by Crippen LogP contribution is -2.38. The summed E-state index contributed by atoms with van der Waals surface area (Å²) in [6.45, 7) is 3.86. The van der Waals surface area contributed by atoms with Crippen LogP contribution >= 0.6 is 0 Å². The van der Waals surface area contributed by atoms with Crippen LogP contribution in [0.4, 0.5) is 0 Å². The van der Waals surface area contributed by atoms with Crippen molar-refractivity contribution in [2.24, 2.45) is 5.92 Å². The van der Waals surface area contributed by atoms with E-state index in [2.05, 4.69) is 22.3 Å². The summed E-state index contributed by atoms with van der Waals surface area (Å²) in [4.78, 5) is 15.1. The van der Waals surface area contributed by atoms with Crippen LogP contribution in [-0.4, -0.2) is 30.4 Å². The molecular formula is C20H24N2O2. The van der Waals surface area contributed by atoms with Crippen LogP contribution in [0, 0.1) is 5.92 Å². The molecule has 1 aliphatic heterocycles. The maximum absolute atomic E-state index is 12.7. The Labute approximate surface area is 142 Å². The Hall–Kier alpha value is -2.07. The zero-order chi connectivity index (χ0) is 16.4. The van der Waals surface area contributed by atoms with Crippen LogP contribution in [0.2, 0.25) is 0 Å². The van der Waals surface area contributed by atoms with Gasteiger partial charge in [0.2, 0.25) is 5.91 Å². The molecule has 4 heteroatoms. The molecule has 1 saturated heterocycles. The van der Waals surface area contributed by atoms with Crippen molar-refractivity contribution in [3.05, 3.63) is 60.1 Å². The fraction of sp³-hybridized carbons (Fsp3) is 0.450. The maximum Gasteiger partial charge on any atom is 0.230 e. The number of nitrogens with zero attached hydrogens (tertiary/aromatic N) is 1. The van der Waals surface area contributed by atoms with E-state index in [-0.39, 0.29) is 11.3 Å². The largest absolute Gasteiger partial charge is 0.472 e. The average molecular weight is 324 g/mol. The lowest BCUT2D eigenvalue weighted by Gasteiger charge is -2.18. The zero-order valence-electron chi connectivity index (χ0n) is 13.9. The number of carbonyl (C=O) groups is 1. The van der Waals surface area contributed by atoms with Gasteiger partial charge in [0.05, 0.1) is 17.9 Å². The van der Waals surface area contributed by atoms with Crippen molar-refractivity contribution in [2.75, 3.05) is 19.6 Å². The molecule has 1 saturated carbocycles. The van der Waals surface area contributed by atoms with Crippen LogP contribution in [0.25, 0.3) is 0 Å². The van der Waals surface area contributed by atoms with Crippen molar-refractivity contribution in [3.8, 4) is 0 Å². The van der Waals surface area contributed by atoms with Gasteiger partial charge in [0, 0.05) is 25.2 Å². The monoisotopic (exact) mass is 324 g/mol. The molecule has 2 fully saturated rings. The van der Waals surface area contributed by atoms with Crippen molar-refractivity contribution in [3.63, 3.8) is 0 Å². The molecule has 1 atom stereocenters. The Bertz CT molecular complexity index is 677. The molecule has 1 aromatic carbocycles. The van der Waals surface area contributed by atoms with Crippen molar-refractivity contribution < 1.29 is 9.21 Å². The molecule has 0 spiro atoms. The second-order valence-corrected chi connectivity index (χ2v) is 7.18. The Morgan fingerprint density at radius 1 is 1.25 bits per heavy atom. The number of furan rings is 1. The van der Waals surface area contributed by atoms with Crippen molar-refractivity contribution in [1.82, 2.24) is 10.2 Å². The number of amides is 1. The molecule has 1 aromatic heterocycles. The van der Waals surface area contributed by atoms with Crippen LogP contribution < -0.4 is 5.32 Å². The third kappa shape index (κ3) is 3.11. The topological polar surface area (TPSA) is 45.5 Å². The highest BCUT2D eigenvalue weighted by molar-refractivity contribution is 5.91. The lowest BCUT2D eigenvalue weighted by molar-refractivity contribution is -0.123. The number of rotatable bonds is 6. The third-order valence-electron chi connectivity index (χ3n) is 5.42. The predicted molar refractivity (Wildman–Crippen MR) is 92.5 cm³/mol. The first-order chi connectivity index (χ1) is 11.8. The molecule has 1 aliphatic carbocycles. The Morgan fingerprint density at radius 3 is 2.79 bits per heavy atom. The summed E-state index contributed by atoms with van der Waals surface area (Å²) in [7, 11) is 0. The molecule has 2 aromatic rings. The SMILES string of the molecule is O=C(NC[C@@H]1CCN(Cc2ccoc2)C1)C1(c2ccccc2)CC1. The zero-order valence-corrected chi connectivity index (χ0v) is 13.9. The Balaban J connectivity index is 1.28. The molecule has 0 bridgehead atoms. The quantitative estimate of drug-likeness (QED) is 0.888. The molecule has 24 heavy (non-hydrogen) atoms. The third-order valence-corrected chi connectivity index (χ3v) is 5.42. The van der Waals surface area contributed by atoms with Gasteiger partial charge in [-0.2, -0.15) is 0 Å². The number of nitrogens with one attached hydrogen (secondary N) is 1.